The maximum Gasteiger partial charge on any atom is 0.353 e. The summed E-state index contributed by atoms with van der Waals surface area (Å²) in [4.78, 5) is 40.4. The molecule has 1 saturated heterocycles. The average molecular weight is 565 g/mol. The Hall–Kier alpha value is -3.40. The van der Waals surface area contributed by atoms with Crippen LogP contribution in [0.5, 0.6) is 0 Å². The number of amides is 2. The number of alkyl halides is 1. The van der Waals surface area contributed by atoms with Gasteiger partial charge in [0, 0.05) is 32.2 Å². The number of carbonyl (C=O) groups is 3. The first-order chi connectivity index (χ1) is 18.4. The minimum absolute atomic E-state index is 0.0336. The van der Waals surface area contributed by atoms with Crippen molar-refractivity contribution in [3.05, 3.63) is 88.5 Å². The molecule has 1 fully saturated rings. The normalized spacial score (nSPS) is 19.0. The molecule has 0 bridgehead atoms. The molecule has 0 aliphatic carbocycles. The number of carboxylic acids is 1. The van der Waals surface area contributed by atoms with Gasteiger partial charge in [-0.15, -0.1) is 23.4 Å². The summed E-state index contributed by atoms with van der Waals surface area (Å²) in [6.45, 7) is 0. The summed E-state index contributed by atoms with van der Waals surface area (Å²) in [6.07, 6.45) is 0.155. The number of hydrogen-bond donors (Lipinski definition) is 2. The van der Waals surface area contributed by atoms with Crippen molar-refractivity contribution in [3.63, 3.8) is 0 Å². The first kappa shape index (κ1) is 24.9. The van der Waals surface area contributed by atoms with E-state index in [9.17, 15) is 19.5 Å². The van der Waals surface area contributed by atoms with E-state index in [1.165, 1.54) is 28.4 Å². The number of thioether (sulfide) groups is 2. The number of aliphatic carboxylic acids is 1. The molecule has 0 unspecified atom stereocenters. The summed E-state index contributed by atoms with van der Waals surface area (Å²) in [5.41, 5.74) is 3.21. The van der Waals surface area contributed by atoms with Gasteiger partial charge in [0.25, 0.3) is 5.91 Å². The smallest absolute Gasteiger partial charge is 0.353 e. The SMILES string of the molecule is O=C(Cc1ccccc1)N[C@@H]1C(=O)N2C(C(=O)O)=C(Sc3ccc4c(c3)oc3cc(CCl)ccc34)CS[C@@H]12. The Morgan fingerprint density at radius 3 is 2.53 bits per heavy atom. The zero-order chi connectivity index (χ0) is 26.4. The molecule has 38 heavy (non-hydrogen) atoms. The third-order valence-electron chi connectivity index (χ3n) is 6.56. The van der Waals surface area contributed by atoms with Crippen molar-refractivity contribution < 1.29 is 23.9 Å². The molecule has 0 radical (unpaired) electrons. The summed E-state index contributed by atoms with van der Waals surface area (Å²) in [6, 6.07) is 20.1. The lowest BCUT2D eigenvalue weighted by Crippen LogP contribution is -2.70. The maximum absolute atomic E-state index is 13.0. The predicted molar refractivity (Wildman–Crippen MR) is 149 cm³/mol. The summed E-state index contributed by atoms with van der Waals surface area (Å²) in [7, 11) is 0. The van der Waals surface area contributed by atoms with Crippen molar-refractivity contribution >= 4 is 74.8 Å². The highest BCUT2D eigenvalue weighted by atomic mass is 35.5. The van der Waals surface area contributed by atoms with Crippen LogP contribution in [-0.4, -0.2) is 45.0 Å². The molecule has 4 aromatic rings. The molecule has 6 rings (SSSR count). The first-order valence-corrected chi connectivity index (χ1v) is 14.3. The van der Waals surface area contributed by atoms with Crippen LogP contribution >= 0.6 is 35.1 Å². The quantitative estimate of drug-likeness (QED) is 0.230. The van der Waals surface area contributed by atoms with Crippen LogP contribution in [0.3, 0.4) is 0 Å². The van der Waals surface area contributed by atoms with Gasteiger partial charge in [0.1, 0.15) is 28.3 Å². The minimum Gasteiger partial charge on any atom is -0.477 e. The number of nitrogens with one attached hydrogen (secondary N) is 1. The predicted octanol–water partition coefficient (Wildman–Crippen LogP) is 5.36. The number of halogens is 1. The second-order valence-corrected chi connectivity index (χ2v) is 11.6. The van der Waals surface area contributed by atoms with Gasteiger partial charge in [0.05, 0.1) is 6.42 Å². The summed E-state index contributed by atoms with van der Waals surface area (Å²) < 4.78 is 6.04. The number of carboxylic acid groups (broad SMARTS) is 1. The van der Waals surface area contributed by atoms with Gasteiger partial charge in [0.15, 0.2) is 0 Å². The Balaban J connectivity index is 1.22. The third kappa shape index (κ3) is 4.44. The number of furan rings is 1. The topological polar surface area (TPSA) is 99.9 Å². The molecule has 2 atom stereocenters. The number of benzene rings is 3. The van der Waals surface area contributed by atoms with Gasteiger partial charge in [-0.3, -0.25) is 14.5 Å². The van der Waals surface area contributed by atoms with E-state index in [1.54, 1.807) is 0 Å². The lowest BCUT2D eigenvalue weighted by molar-refractivity contribution is -0.150. The van der Waals surface area contributed by atoms with Crippen LogP contribution in [0.4, 0.5) is 0 Å². The van der Waals surface area contributed by atoms with Crippen LogP contribution in [0, 0.1) is 0 Å². The van der Waals surface area contributed by atoms with Crippen LogP contribution in [0.15, 0.2) is 86.6 Å². The number of rotatable bonds is 7. The number of β-lactam (4-membered cyclic amide) rings is 1. The van der Waals surface area contributed by atoms with Gasteiger partial charge in [-0.05, 0) is 35.4 Å². The maximum atomic E-state index is 13.0. The van der Waals surface area contributed by atoms with E-state index in [0.29, 0.717) is 22.1 Å². The number of nitrogens with zero attached hydrogens (tertiary/aromatic N) is 1. The van der Waals surface area contributed by atoms with Gasteiger partial charge in [0.2, 0.25) is 5.91 Å². The molecule has 3 aromatic carbocycles. The zero-order valence-electron chi connectivity index (χ0n) is 19.8. The third-order valence-corrected chi connectivity index (χ3v) is 9.41. The monoisotopic (exact) mass is 564 g/mol. The van der Waals surface area contributed by atoms with E-state index in [4.69, 9.17) is 16.0 Å². The second kappa shape index (κ2) is 10.1. The number of fused-ring (bicyclic) bond motifs is 4. The molecular weight excluding hydrogens is 544 g/mol. The van der Waals surface area contributed by atoms with Crippen LogP contribution in [0.2, 0.25) is 0 Å². The van der Waals surface area contributed by atoms with Crippen molar-refractivity contribution in [2.75, 3.05) is 5.75 Å². The molecule has 0 spiro atoms. The Kier molecular flexibility index (Phi) is 6.59. The summed E-state index contributed by atoms with van der Waals surface area (Å²) >= 11 is 8.71. The van der Waals surface area contributed by atoms with Crippen LogP contribution in [0.25, 0.3) is 21.9 Å². The van der Waals surface area contributed by atoms with Gasteiger partial charge in [-0.25, -0.2) is 4.79 Å². The van der Waals surface area contributed by atoms with Gasteiger partial charge >= 0.3 is 5.97 Å². The fourth-order valence-electron chi connectivity index (χ4n) is 4.77. The van der Waals surface area contributed by atoms with E-state index in [2.05, 4.69) is 5.32 Å². The van der Waals surface area contributed by atoms with Gasteiger partial charge < -0.3 is 14.8 Å². The highest BCUT2D eigenvalue weighted by Gasteiger charge is 2.54. The van der Waals surface area contributed by atoms with Crippen molar-refractivity contribution in [1.82, 2.24) is 10.2 Å². The first-order valence-electron chi connectivity index (χ1n) is 11.9. The standard InChI is InChI=1S/C28H21ClN2O5S2/c29-13-16-6-8-18-19-9-7-17(12-21(19)36-20(18)10-16)38-22-14-37-27-24(26(33)31(27)25(22)28(34)35)30-23(32)11-15-4-2-1-3-5-15/h1-10,12,24,27H,11,13-14H2,(H,30,32)(H,34,35)/t24-,27+/m1/s1. The second-order valence-electron chi connectivity index (χ2n) is 9.02. The Labute approximate surface area is 231 Å². The fourth-order valence-corrected chi connectivity index (χ4v) is 7.43. The zero-order valence-corrected chi connectivity index (χ0v) is 22.2. The molecule has 10 heteroatoms. The molecular formula is C28H21ClN2O5S2. The Morgan fingerprint density at radius 1 is 1.05 bits per heavy atom. The Bertz CT molecular complexity index is 1630. The molecule has 2 aliphatic rings. The van der Waals surface area contributed by atoms with Crippen LogP contribution < -0.4 is 5.32 Å². The van der Waals surface area contributed by atoms with E-state index in [1.807, 2.05) is 66.7 Å². The molecule has 2 amide bonds. The van der Waals surface area contributed by atoms with Crippen molar-refractivity contribution in [2.24, 2.45) is 0 Å². The molecule has 7 nitrogen and oxygen atoms in total. The van der Waals surface area contributed by atoms with Gasteiger partial charge in [-0.2, -0.15) is 0 Å². The molecule has 0 saturated carbocycles. The Morgan fingerprint density at radius 2 is 1.79 bits per heavy atom. The molecule has 1 aromatic heterocycles. The molecule has 3 heterocycles. The fraction of sp³-hybridized carbons (Fsp3) is 0.179. The van der Waals surface area contributed by atoms with Crippen molar-refractivity contribution in [1.29, 1.82) is 0 Å². The van der Waals surface area contributed by atoms with Crippen LogP contribution in [0.1, 0.15) is 11.1 Å². The summed E-state index contributed by atoms with van der Waals surface area (Å²) in [5, 5.41) is 14.3. The van der Waals surface area contributed by atoms with Crippen LogP contribution in [-0.2, 0) is 26.7 Å². The average Bonchev–Trinajstić information content (AvgIpc) is 3.28. The number of hydrogen-bond acceptors (Lipinski definition) is 6. The highest BCUT2D eigenvalue weighted by Crippen LogP contribution is 2.45. The van der Waals surface area contributed by atoms with E-state index >= 15 is 0 Å². The highest BCUT2D eigenvalue weighted by molar-refractivity contribution is 8.06. The summed E-state index contributed by atoms with van der Waals surface area (Å²) in [5.74, 6) is -1.05. The molecule has 2 N–H and O–H groups in total. The minimum atomic E-state index is -1.17. The van der Waals surface area contributed by atoms with Crippen molar-refractivity contribution in [2.45, 2.75) is 28.6 Å². The number of carbonyl (C=O) groups excluding carboxylic acids is 2. The largest absolute Gasteiger partial charge is 0.477 e. The van der Waals surface area contributed by atoms with Crippen molar-refractivity contribution in [3.8, 4) is 0 Å². The lowest BCUT2D eigenvalue weighted by Gasteiger charge is -2.49. The van der Waals surface area contributed by atoms with Gasteiger partial charge in [-0.1, -0.05) is 54.2 Å². The van der Waals surface area contributed by atoms with E-state index < -0.39 is 23.3 Å². The van der Waals surface area contributed by atoms with E-state index in [-0.39, 0.29) is 18.0 Å². The molecule has 192 valence electrons. The lowest BCUT2D eigenvalue weighted by atomic mass is 10.0. The molecule has 2 aliphatic heterocycles. The van der Waals surface area contributed by atoms with E-state index in [0.717, 1.165) is 32.4 Å².